The summed E-state index contributed by atoms with van der Waals surface area (Å²) < 4.78 is 26.1. The number of ether oxygens (including phenoxy) is 2. The summed E-state index contributed by atoms with van der Waals surface area (Å²) in [4.78, 5) is 15.8. The molecule has 3 aromatic rings. The van der Waals surface area contributed by atoms with Crippen molar-refractivity contribution in [3.63, 3.8) is 0 Å². The van der Waals surface area contributed by atoms with E-state index in [1.54, 1.807) is 24.5 Å². The van der Waals surface area contributed by atoms with Crippen LogP contribution in [0.5, 0.6) is 0 Å². The molecule has 0 unspecified atom stereocenters. The van der Waals surface area contributed by atoms with Crippen molar-refractivity contribution in [3.8, 4) is 22.6 Å². The standard InChI is InChI=1S/C22H21FN4O2/c23-18-6-2-1-5-17(18)19-14-20(26-21(25-19)16-4-3-9-24-15-16)27-10-7-22(8-11-27)28-12-13-29-22/h1-6,9,14-15H,7-8,10-13H2. The van der Waals surface area contributed by atoms with Crippen LogP contribution in [-0.4, -0.2) is 47.0 Å². The molecule has 5 rings (SSSR count). The maximum atomic E-state index is 14.5. The zero-order valence-corrected chi connectivity index (χ0v) is 15.9. The molecule has 2 aliphatic heterocycles. The third-order valence-corrected chi connectivity index (χ3v) is 5.44. The maximum absolute atomic E-state index is 14.5. The van der Waals surface area contributed by atoms with Crippen LogP contribution >= 0.6 is 0 Å². The minimum atomic E-state index is -0.454. The van der Waals surface area contributed by atoms with Gasteiger partial charge in [-0.15, -0.1) is 0 Å². The number of hydrogen-bond acceptors (Lipinski definition) is 6. The molecule has 0 radical (unpaired) electrons. The van der Waals surface area contributed by atoms with Gasteiger partial charge in [-0.2, -0.15) is 0 Å². The predicted octanol–water partition coefficient (Wildman–Crippen LogP) is 3.69. The number of nitrogens with zero attached hydrogens (tertiary/aromatic N) is 4. The van der Waals surface area contributed by atoms with Gasteiger partial charge in [-0.1, -0.05) is 12.1 Å². The summed E-state index contributed by atoms with van der Waals surface area (Å²) in [6, 6.07) is 12.3. The molecular formula is C22H21FN4O2. The first-order valence-corrected chi connectivity index (χ1v) is 9.80. The second-order valence-electron chi connectivity index (χ2n) is 7.25. The van der Waals surface area contributed by atoms with Gasteiger partial charge in [0.05, 0.1) is 18.9 Å². The number of piperidine rings is 1. The molecule has 1 aromatic carbocycles. The fourth-order valence-electron chi connectivity index (χ4n) is 3.89. The molecule has 2 aromatic heterocycles. The van der Waals surface area contributed by atoms with Crippen LogP contribution < -0.4 is 4.90 Å². The Balaban J connectivity index is 1.53. The summed E-state index contributed by atoms with van der Waals surface area (Å²) in [7, 11) is 0. The van der Waals surface area contributed by atoms with Crippen LogP contribution in [0.25, 0.3) is 22.6 Å². The van der Waals surface area contributed by atoms with E-state index in [1.807, 2.05) is 24.3 Å². The van der Waals surface area contributed by atoms with E-state index < -0.39 is 5.79 Å². The number of benzene rings is 1. The lowest BCUT2D eigenvalue weighted by atomic mass is 10.0. The van der Waals surface area contributed by atoms with Crippen molar-refractivity contribution in [1.82, 2.24) is 15.0 Å². The second kappa shape index (κ2) is 7.50. The van der Waals surface area contributed by atoms with E-state index in [1.165, 1.54) is 6.07 Å². The third kappa shape index (κ3) is 3.59. The summed E-state index contributed by atoms with van der Waals surface area (Å²) in [5.41, 5.74) is 1.81. The Labute approximate surface area is 168 Å². The number of hydrogen-bond donors (Lipinski definition) is 0. The molecule has 2 saturated heterocycles. The fourth-order valence-corrected chi connectivity index (χ4v) is 3.89. The van der Waals surface area contributed by atoms with Gasteiger partial charge in [0.2, 0.25) is 0 Å². The number of aromatic nitrogens is 3. The summed E-state index contributed by atoms with van der Waals surface area (Å²) in [6.07, 6.45) is 4.97. The Morgan fingerprint density at radius 3 is 2.48 bits per heavy atom. The predicted molar refractivity (Wildman–Crippen MR) is 107 cm³/mol. The van der Waals surface area contributed by atoms with E-state index in [0.717, 1.165) is 37.3 Å². The maximum Gasteiger partial charge on any atom is 0.171 e. The van der Waals surface area contributed by atoms with Gasteiger partial charge in [-0.05, 0) is 24.3 Å². The summed E-state index contributed by atoms with van der Waals surface area (Å²) in [5.74, 6) is 0.538. The van der Waals surface area contributed by atoms with Crippen molar-refractivity contribution in [2.75, 3.05) is 31.2 Å². The summed E-state index contributed by atoms with van der Waals surface area (Å²) >= 11 is 0. The van der Waals surface area contributed by atoms with Gasteiger partial charge in [-0.25, -0.2) is 14.4 Å². The molecule has 0 saturated carbocycles. The zero-order chi connectivity index (χ0) is 19.7. The molecule has 0 N–H and O–H groups in total. The van der Waals surface area contributed by atoms with E-state index >= 15 is 0 Å². The first-order chi connectivity index (χ1) is 14.2. The largest absolute Gasteiger partial charge is 0.356 e. The van der Waals surface area contributed by atoms with Crippen molar-refractivity contribution in [2.24, 2.45) is 0 Å². The van der Waals surface area contributed by atoms with Gasteiger partial charge >= 0.3 is 0 Å². The highest BCUT2D eigenvalue weighted by Gasteiger charge is 2.40. The minimum Gasteiger partial charge on any atom is -0.356 e. The molecule has 2 fully saturated rings. The van der Waals surface area contributed by atoms with Crippen LogP contribution in [-0.2, 0) is 9.47 Å². The Bertz CT molecular complexity index is 999. The Morgan fingerprint density at radius 2 is 1.76 bits per heavy atom. The summed E-state index contributed by atoms with van der Waals surface area (Å²) in [5, 5.41) is 0. The molecular weight excluding hydrogens is 371 g/mol. The van der Waals surface area contributed by atoms with Crippen LogP contribution in [0.1, 0.15) is 12.8 Å². The van der Waals surface area contributed by atoms with E-state index in [-0.39, 0.29) is 5.82 Å². The van der Waals surface area contributed by atoms with E-state index in [9.17, 15) is 4.39 Å². The van der Waals surface area contributed by atoms with Crippen molar-refractivity contribution >= 4 is 5.82 Å². The minimum absolute atomic E-state index is 0.306. The SMILES string of the molecule is Fc1ccccc1-c1cc(N2CCC3(CC2)OCCO3)nc(-c2cccnc2)n1. The number of halogens is 1. The molecule has 29 heavy (non-hydrogen) atoms. The second-order valence-corrected chi connectivity index (χ2v) is 7.25. The average molecular weight is 392 g/mol. The van der Waals surface area contributed by atoms with E-state index in [0.29, 0.717) is 30.3 Å². The normalized spacial score (nSPS) is 18.3. The first kappa shape index (κ1) is 18.1. The molecule has 0 aliphatic carbocycles. The Morgan fingerprint density at radius 1 is 0.966 bits per heavy atom. The molecule has 0 amide bonds. The van der Waals surface area contributed by atoms with Crippen LogP contribution in [0.3, 0.4) is 0 Å². The lowest BCUT2D eigenvalue weighted by molar-refractivity contribution is -0.169. The highest BCUT2D eigenvalue weighted by atomic mass is 19.1. The summed E-state index contributed by atoms with van der Waals surface area (Å²) in [6.45, 7) is 2.80. The molecule has 6 nitrogen and oxygen atoms in total. The first-order valence-electron chi connectivity index (χ1n) is 9.80. The molecule has 4 heterocycles. The van der Waals surface area contributed by atoms with Gasteiger partial charge in [0.15, 0.2) is 11.6 Å². The van der Waals surface area contributed by atoms with Gasteiger partial charge in [-0.3, -0.25) is 4.98 Å². The molecule has 0 bridgehead atoms. The highest BCUT2D eigenvalue weighted by molar-refractivity contribution is 5.68. The monoisotopic (exact) mass is 392 g/mol. The molecule has 7 heteroatoms. The smallest absolute Gasteiger partial charge is 0.171 e. The van der Waals surface area contributed by atoms with Crippen LogP contribution in [0.4, 0.5) is 10.2 Å². The van der Waals surface area contributed by atoms with Crippen molar-refractivity contribution < 1.29 is 13.9 Å². The zero-order valence-electron chi connectivity index (χ0n) is 15.9. The quantitative estimate of drug-likeness (QED) is 0.678. The lowest BCUT2D eigenvalue weighted by Gasteiger charge is -2.38. The van der Waals surface area contributed by atoms with Gasteiger partial charge < -0.3 is 14.4 Å². The molecule has 1 spiro atoms. The van der Waals surface area contributed by atoms with Gasteiger partial charge in [0, 0.05) is 55.5 Å². The number of pyridine rings is 1. The van der Waals surface area contributed by atoms with Crippen LogP contribution in [0.2, 0.25) is 0 Å². The van der Waals surface area contributed by atoms with Crippen molar-refractivity contribution in [2.45, 2.75) is 18.6 Å². The van der Waals surface area contributed by atoms with E-state index in [4.69, 9.17) is 14.5 Å². The molecule has 2 aliphatic rings. The number of anilines is 1. The van der Waals surface area contributed by atoms with Crippen LogP contribution in [0.15, 0.2) is 54.9 Å². The Hall–Kier alpha value is -2.90. The van der Waals surface area contributed by atoms with Crippen LogP contribution in [0, 0.1) is 5.82 Å². The third-order valence-electron chi connectivity index (χ3n) is 5.44. The molecule has 0 atom stereocenters. The van der Waals surface area contributed by atoms with Crippen molar-refractivity contribution in [1.29, 1.82) is 0 Å². The van der Waals surface area contributed by atoms with E-state index in [2.05, 4.69) is 14.9 Å². The fraction of sp³-hybridized carbons (Fsp3) is 0.318. The topological polar surface area (TPSA) is 60.4 Å². The van der Waals surface area contributed by atoms with Crippen molar-refractivity contribution in [3.05, 3.63) is 60.7 Å². The van der Waals surface area contributed by atoms with Gasteiger partial charge in [0.1, 0.15) is 11.6 Å². The molecule has 148 valence electrons. The number of rotatable bonds is 3. The Kier molecular flexibility index (Phi) is 4.69. The lowest BCUT2D eigenvalue weighted by Crippen LogP contribution is -2.45. The average Bonchev–Trinajstić information content (AvgIpc) is 3.23. The van der Waals surface area contributed by atoms with Gasteiger partial charge in [0.25, 0.3) is 0 Å². The highest BCUT2D eigenvalue weighted by Crippen LogP contribution is 2.34.